The van der Waals surface area contributed by atoms with Gasteiger partial charge in [0.05, 0.1) is 11.8 Å². The maximum absolute atomic E-state index is 11.1. The van der Waals surface area contributed by atoms with E-state index < -0.39 is 5.97 Å². The molecule has 0 radical (unpaired) electrons. The van der Waals surface area contributed by atoms with E-state index in [2.05, 4.69) is 9.97 Å². The summed E-state index contributed by atoms with van der Waals surface area (Å²) in [6, 6.07) is 3.11. The van der Waals surface area contributed by atoms with Gasteiger partial charge in [-0.1, -0.05) is 13.8 Å². The van der Waals surface area contributed by atoms with Crippen molar-refractivity contribution in [3.8, 4) is 0 Å². The van der Waals surface area contributed by atoms with E-state index in [9.17, 15) is 4.79 Å². The van der Waals surface area contributed by atoms with Gasteiger partial charge in [0.2, 0.25) is 0 Å². The highest BCUT2D eigenvalue weighted by Crippen LogP contribution is 2.27. The Morgan fingerprint density at radius 2 is 2.22 bits per heavy atom. The van der Waals surface area contributed by atoms with E-state index in [0.29, 0.717) is 10.2 Å². The van der Waals surface area contributed by atoms with Crippen LogP contribution in [-0.4, -0.2) is 21.0 Å². The molecule has 5 nitrogen and oxygen atoms in total. The van der Waals surface area contributed by atoms with E-state index in [0.717, 1.165) is 5.69 Å². The first-order valence-electron chi connectivity index (χ1n) is 5.39. The van der Waals surface area contributed by atoms with E-state index in [1.54, 1.807) is 6.07 Å². The van der Waals surface area contributed by atoms with Crippen LogP contribution in [-0.2, 0) is 0 Å². The molecule has 2 rings (SSSR count). The van der Waals surface area contributed by atoms with Gasteiger partial charge in [0, 0.05) is 5.69 Å². The van der Waals surface area contributed by atoms with Gasteiger partial charge in [-0.3, -0.25) is 0 Å². The highest BCUT2D eigenvalue weighted by molar-refractivity contribution is 7.99. The number of carbonyl (C=O) groups is 1. The number of carboxylic acids is 1. The van der Waals surface area contributed by atoms with Crippen molar-refractivity contribution in [2.45, 2.75) is 30.0 Å². The number of hydrogen-bond donors (Lipinski definition) is 1. The minimum Gasteiger partial charge on any atom is -0.478 e. The number of rotatable bonds is 4. The van der Waals surface area contributed by atoms with Gasteiger partial charge in [-0.25, -0.2) is 14.8 Å². The lowest BCUT2D eigenvalue weighted by Crippen LogP contribution is -2.02. The van der Waals surface area contributed by atoms with Crippen molar-refractivity contribution in [2.24, 2.45) is 0 Å². The topological polar surface area (TPSA) is 76.2 Å². The van der Waals surface area contributed by atoms with Crippen LogP contribution in [0.2, 0.25) is 0 Å². The number of aromatic nitrogens is 2. The Morgan fingerprint density at radius 3 is 2.78 bits per heavy atom. The average Bonchev–Trinajstić information content (AvgIpc) is 2.81. The number of hydrogen-bond acceptors (Lipinski definition) is 5. The van der Waals surface area contributed by atoms with Crippen molar-refractivity contribution in [1.29, 1.82) is 0 Å². The summed E-state index contributed by atoms with van der Waals surface area (Å²) in [4.78, 5) is 19.4. The fourth-order valence-electron chi connectivity index (χ4n) is 1.35. The molecule has 2 heterocycles. The largest absolute Gasteiger partial charge is 0.478 e. The van der Waals surface area contributed by atoms with Crippen LogP contribution >= 0.6 is 11.8 Å². The molecule has 0 aliphatic rings. The normalized spacial score (nSPS) is 10.8. The number of oxazole rings is 1. The molecule has 1 N–H and O–H groups in total. The maximum atomic E-state index is 11.1. The first-order valence-corrected chi connectivity index (χ1v) is 6.20. The van der Waals surface area contributed by atoms with Crippen LogP contribution < -0.4 is 0 Å². The molecule has 0 saturated carbocycles. The summed E-state index contributed by atoms with van der Waals surface area (Å²) < 4.78 is 5.10. The van der Waals surface area contributed by atoms with Gasteiger partial charge in [0.1, 0.15) is 11.3 Å². The van der Waals surface area contributed by atoms with Crippen LogP contribution in [0.5, 0.6) is 0 Å². The van der Waals surface area contributed by atoms with Crippen LogP contribution in [0.25, 0.3) is 0 Å². The summed E-state index contributed by atoms with van der Waals surface area (Å²) in [5.41, 5.74) is 0.965. The minimum atomic E-state index is -0.964. The molecule has 18 heavy (non-hydrogen) atoms. The summed E-state index contributed by atoms with van der Waals surface area (Å²) in [6.07, 6.45) is 3.00. The molecule has 0 aliphatic carbocycles. The number of pyridine rings is 1. The second-order valence-electron chi connectivity index (χ2n) is 3.98. The quantitative estimate of drug-likeness (QED) is 0.914. The monoisotopic (exact) mass is 264 g/mol. The van der Waals surface area contributed by atoms with Gasteiger partial charge in [-0.2, -0.15) is 0 Å². The van der Waals surface area contributed by atoms with Gasteiger partial charge >= 0.3 is 5.97 Å². The van der Waals surface area contributed by atoms with Crippen molar-refractivity contribution >= 4 is 17.7 Å². The van der Waals surface area contributed by atoms with E-state index in [1.165, 1.54) is 30.3 Å². The summed E-state index contributed by atoms with van der Waals surface area (Å²) in [7, 11) is 0. The van der Waals surface area contributed by atoms with Gasteiger partial charge in [0.15, 0.2) is 0 Å². The lowest BCUT2D eigenvalue weighted by molar-refractivity contribution is 0.0696. The predicted octanol–water partition coefficient (Wildman–Crippen LogP) is 3.04. The molecule has 0 atom stereocenters. The molecular weight excluding hydrogens is 252 g/mol. The molecule has 0 fully saturated rings. The van der Waals surface area contributed by atoms with E-state index in [-0.39, 0.29) is 11.5 Å². The second-order valence-corrected chi connectivity index (χ2v) is 4.95. The Labute approximate surface area is 108 Å². The van der Waals surface area contributed by atoms with Crippen LogP contribution in [0, 0.1) is 0 Å². The number of aromatic carboxylic acids is 1. The van der Waals surface area contributed by atoms with Crippen LogP contribution in [0.4, 0.5) is 0 Å². The van der Waals surface area contributed by atoms with Crippen molar-refractivity contribution in [3.63, 3.8) is 0 Å². The highest BCUT2D eigenvalue weighted by Gasteiger charge is 2.12. The summed E-state index contributed by atoms with van der Waals surface area (Å²) >= 11 is 1.21. The smallest absolute Gasteiger partial charge is 0.335 e. The SMILES string of the molecule is CC(C)c1cc(C(=O)O)cc(Sc2ncco2)n1. The fraction of sp³-hybridized carbons (Fsp3) is 0.250. The van der Waals surface area contributed by atoms with Crippen LogP contribution in [0.1, 0.15) is 35.8 Å². The van der Waals surface area contributed by atoms with Crippen molar-refractivity contribution in [2.75, 3.05) is 0 Å². The van der Waals surface area contributed by atoms with Crippen LogP contribution in [0.3, 0.4) is 0 Å². The summed E-state index contributed by atoms with van der Waals surface area (Å²) in [5.74, 6) is -0.804. The third-order valence-corrected chi connectivity index (χ3v) is 3.06. The Bertz CT molecular complexity index is 552. The van der Waals surface area contributed by atoms with Gasteiger partial charge in [-0.05, 0) is 29.8 Å². The third kappa shape index (κ3) is 2.89. The zero-order valence-electron chi connectivity index (χ0n) is 9.95. The molecule has 0 spiro atoms. The second kappa shape index (κ2) is 5.22. The molecule has 2 aromatic rings. The lowest BCUT2D eigenvalue weighted by atomic mass is 10.1. The summed E-state index contributed by atoms with van der Waals surface area (Å²) in [5, 5.41) is 10.1. The molecule has 2 aromatic heterocycles. The van der Waals surface area contributed by atoms with Crippen molar-refractivity contribution in [1.82, 2.24) is 9.97 Å². The lowest BCUT2D eigenvalue weighted by Gasteiger charge is -2.07. The number of carboxylic acid groups (broad SMARTS) is 1. The van der Waals surface area contributed by atoms with Crippen LogP contribution in [0.15, 0.2) is 39.3 Å². The first-order chi connectivity index (χ1) is 8.56. The van der Waals surface area contributed by atoms with Gasteiger partial charge < -0.3 is 9.52 Å². The third-order valence-electron chi connectivity index (χ3n) is 2.26. The molecule has 0 aliphatic heterocycles. The minimum absolute atomic E-state index is 0.160. The molecular formula is C12H12N2O3S. The number of nitrogens with zero attached hydrogens (tertiary/aromatic N) is 2. The van der Waals surface area contributed by atoms with Gasteiger partial charge in [0.25, 0.3) is 5.22 Å². The Hall–Kier alpha value is -1.82. The standard InChI is InChI=1S/C12H12N2O3S/c1-7(2)9-5-8(11(15)16)6-10(14-9)18-12-13-3-4-17-12/h3-7H,1-2H3,(H,15,16). The van der Waals surface area contributed by atoms with E-state index in [4.69, 9.17) is 9.52 Å². The molecule has 0 aromatic carbocycles. The maximum Gasteiger partial charge on any atom is 0.335 e. The van der Waals surface area contributed by atoms with Gasteiger partial charge in [-0.15, -0.1) is 0 Å². The van der Waals surface area contributed by atoms with E-state index >= 15 is 0 Å². The Balaban J connectivity index is 2.37. The predicted molar refractivity (Wildman–Crippen MR) is 65.9 cm³/mol. The van der Waals surface area contributed by atoms with E-state index in [1.807, 2.05) is 13.8 Å². The first kappa shape index (κ1) is 12.6. The zero-order chi connectivity index (χ0) is 13.1. The molecule has 0 amide bonds. The molecule has 94 valence electrons. The average molecular weight is 264 g/mol. The summed E-state index contributed by atoms with van der Waals surface area (Å²) in [6.45, 7) is 3.93. The molecule has 6 heteroatoms. The van der Waals surface area contributed by atoms with Crippen molar-refractivity contribution < 1.29 is 14.3 Å². The molecule has 0 saturated heterocycles. The Kier molecular flexibility index (Phi) is 3.66. The Morgan fingerprint density at radius 1 is 1.44 bits per heavy atom. The molecule has 0 unspecified atom stereocenters. The molecule has 0 bridgehead atoms. The van der Waals surface area contributed by atoms with Crippen molar-refractivity contribution in [3.05, 3.63) is 35.9 Å². The zero-order valence-corrected chi connectivity index (χ0v) is 10.8. The highest BCUT2D eigenvalue weighted by atomic mass is 32.2. The fourth-order valence-corrected chi connectivity index (χ4v) is 2.08.